The number of aliphatic carboxylic acids is 1. The van der Waals surface area contributed by atoms with Gasteiger partial charge in [-0.25, -0.2) is 0 Å². The van der Waals surface area contributed by atoms with Gasteiger partial charge in [0.15, 0.2) is 0 Å². The van der Waals surface area contributed by atoms with Gasteiger partial charge in [0.2, 0.25) is 5.91 Å². The van der Waals surface area contributed by atoms with Crippen LogP contribution in [0.4, 0.5) is 0 Å². The molecule has 0 aromatic heterocycles. The SMILES string of the molecule is O=C(CC1(C(=O)O)CCC1)NCCc1cc(Cl)cc(Cl)c1. The summed E-state index contributed by atoms with van der Waals surface area (Å²) in [5.74, 6) is -1.09. The van der Waals surface area contributed by atoms with Crippen LogP contribution in [0.5, 0.6) is 0 Å². The van der Waals surface area contributed by atoms with Crippen LogP contribution in [0.25, 0.3) is 0 Å². The molecule has 1 aromatic rings. The summed E-state index contributed by atoms with van der Waals surface area (Å²) in [6.07, 6.45) is 2.70. The fraction of sp³-hybridized carbons (Fsp3) is 0.467. The van der Waals surface area contributed by atoms with Crippen LogP contribution in [-0.2, 0) is 16.0 Å². The Morgan fingerprint density at radius 3 is 2.29 bits per heavy atom. The Morgan fingerprint density at radius 2 is 1.81 bits per heavy atom. The Hall–Kier alpha value is -1.26. The number of carbonyl (C=O) groups is 2. The first-order valence-electron chi connectivity index (χ1n) is 6.86. The van der Waals surface area contributed by atoms with Crippen molar-refractivity contribution in [1.82, 2.24) is 5.32 Å². The fourth-order valence-corrected chi connectivity index (χ4v) is 3.11. The first kappa shape index (κ1) is 16.1. The van der Waals surface area contributed by atoms with E-state index in [0.29, 0.717) is 35.9 Å². The molecule has 0 unspecified atom stereocenters. The molecular formula is C15H17Cl2NO3. The average molecular weight is 330 g/mol. The molecular weight excluding hydrogens is 313 g/mol. The smallest absolute Gasteiger partial charge is 0.310 e. The van der Waals surface area contributed by atoms with E-state index in [-0.39, 0.29) is 12.3 Å². The number of benzene rings is 1. The molecule has 0 saturated heterocycles. The monoisotopic (exact) mass is 329 g/mol. The summed E-state index contributed by atoms with van der Waals surface area (Å²) in [4.78, 5) is 23.1. The van der Waals surface area contributed by atoms with Crippen molar-refractivity contribution in [3.63, 3.8) is 0 Å². The number of amides is 1. The lowest BCUT2D eigenvalue weighted by atomic mass is 9.66. The van der Waals surface area contributed by atoms with Gasteiger partial charge in [-0.05, 0) is 43.0 Å². The third-order valence-electron chi connectivity index (χ3n) is 3.92. The minimum absolute atomic E-state index is 0.0542. The zero-order chi connectivity index (χ0) is 15.5. The normalized spacial score (nSPS) is 16.1. The first-order valence-corrected chi connectivity index (χ1v) is 7.62. The number of carboxylic acids is 1. The largest absolute Gasteiger partial charge is 0.481 e. The highest BCUT2D eigenvalue weighted by Gasteiger charge is 2.45. The summed E-state index contributed by atoms with van der Waals surface area (Å²) in [7, 11) is 0. The van der Waals surface area contributed by atoms with Crippen molar-refractivity contribution in [2.75, 3.05) is 6.54 Å². The molecule has 1 saturated carbocycles. The second kappa shape index (κ2) is 6.67. The van der Waals surface area contributed by atoms with Gasteiger partial charge in [-0.2, -0.15) is 0 Å². The molecule has 2 N–H and O–H groups in total. The average Bonchev–Trinajstić information content (AvgIpc) is 2.32. The number of nitrogens with one attached hydrogen (secondary N) is 1. The van der Waals surface area contributed by atoms with Gasteiger partial charge in [-0.3, -0.25) is 9.59 Å². The van der Waals surface area contributed by atoms with Crippen LogP contribution in [0.15, 0.2) is 18.2 Å². The van der Waals surface area contributed by atoms with Gasteiger partial charge in [0.05, 0.1) is 5.41 Å². The summed E-state index contributed by atoms with van der Waals surface area (Å²) in [6, 6.07) is 5.24. The van der Waals surface area contributed by atoms with Crippen LogP contribution < -0.4 is 5.32 Å². The predicted molar refractivity (Wildman–Crippen MR) is 81.7 cm³/mol. The molecule has 1 aliphatic rings. The van der Waals surface area contributed by atoms with Crippen molar-refractivity contribution in [2.24, 2.45) is 5.41 Å². The summed E-state index contributed by atoms with van der Waals surface area (Å²) < 4.78 is 0. The number of rotatable bonds is 6. The van der Waals surface area contributed by atoms with Crippen LogP contribution in [0, 0.1) is 5.41 Å². The van der Waals surface area contributed by atoms with E-state index >= 15 is 0 Å². The highest BCUT2D eigenvalue weighted by atomic mass is 35.5. The molecule has 21 heavy (non-hydrogen) atoms. The zero-order valence-corrected chi connectivity index (χ0v) is 13.0. The van der Waals surface area contributed by atoms with Crippen LogP contribution in [0.3, 0.4) is 0 Å². The van der Waals surface area contributed by atoms with Crippen LogP contribution in [-0.4, -0.2) is 23.5 Å². The van der Waals surface area contributed by atoms with Crippen LogP contribution in [0.2, 0.25) is 10.0 Å². The van der Waals surface area contributed by atoms with Gasteiger partial charge in [-0.15, -0.1) is 0 Å². The maximum atomic E-state index is 11.9. The second-order valence-electron chi connectivity index (χ2n) is 5.49. The Bertz CT molecular complexity index is 536. The lowest BCUT2D eigenvalue weighted by Crippen LogP contribution is -2.42. The summed E-state index contributed by atoms with van der Waals surface area (Å²) in [5, 5.41) is 13.1. The van der Waals surface area contributed by atoms with Gasteiger partial charge >= 0.3 is 5.97 Å². The molecule has 1 aliphatic carbocycles. The van der Waals surface area contributed by atoms with Crippen molar-refractivity contribution >= 4 is 35.1 Å². The van der Waals surface area contributed by atoms with Gasteiger partial charge in [-0.1, -0.05) is 29.6 Å². The highest BCUT2D eigenvalue weighted by Crippen LogP contribution is 2.44. The van der Waals surface area contributed by atoms with E-state index in [4.69, 9.17) is 23.2 Å². The molecule has 2 rings (SSSR count). The van der Waals surface area contributed by atoms with E-state index in [0.717, 1.165) is 12.0 Å². The summed E-state index contributed by atoms with van der Waals surface area (Å²) >= 11 is 11.8. The Balaban J connectivity index is 1.80. The topological polar surface area (TPSA) is 66.4 Å². The van der Waals surface area contributed by atoms with E-state index in [1.165, 1.54) is 0 Å². The maximum Gasteiger partial charge on any atom is 0.310 e. The van der Waals surface area contributed by atoms with Crippen LogP contribution in [0.1, 0.15) is 31.2 Å². The molecule has 0 bridgehead atoms. The lowest BCUT2D eigenvalue weighted by Gasteiger charge is -2.36. The Labute approximate surface area is 133 Å². The molecule has 0 heterocycles. The number of hydrogen-bond acceptors (Lipinski definition) is 2. The molecule has 0 spiro atoms. The molecule has 0 aliphatic heterocycles. The quantitative estimate of drug-likeness (QED) is 0.841. The third kappa shape index (κ3) is 4.11. The van der Waals surface area contributed by atoms with Gasteiger partial charge in [0, 0.05) is 23.0 Å². The van der Waals surface area contributed by atoms with E-state index in [1.807, 2.05) is 0 Å². The minimum Gasteiger partial charge on any atom is -0.481 e. The third-order valence-corrected chi connectivity index (χ3v) is 4.36. The number of carboxylic acid groups (broad SMARTS) is 1. The van der Waals surface area contributed by atoms with Crippen molar-refractivity contribution < 1.29 is 14.7 Å². The fourth-order valence-electron chi connectivity index (χ4n) is 2.54. The molecule has 6 heteroatoms. The molecule has 1 aromatic carbocycles. The second-order valence-corrected chi connectivity index (χ2v) is 6.37. The van der Waals surface area contributed by atoms with E-state index in [2.05, 4.69) is 5.32 Å². The predicted octanol–water partition coefficient (Wildman–Crippen LogP) is 3.30. The summed E-state index contributed by atoms with van der Waals surface area (Å²) in [6.45, 7) is 0.436. The highest BCUT2D eigenvalue weighted by molar-refractivity contribution is 6.34. The molecule has 0 radical (unpaired) electrons. The zero-order valence-electron chi connectivity index (χ0n) is 11.5. The summed E-state index contributed by atoms with van der Waals surface area (Å²) in [5.41, 5.74) is 0.0908. The molecule has 0 atom stereocenters. The Morgan fingerprint density at radius 1 is 1.19 bits per heavy atom. The number of hydrogen-bond donors (Lipinski definition) is 2. The van der Waals surface area contributed by atoms with Gasteiger partial charge in [0.25, 0.3) is 0 Å². The molecule has 1 amide bonds. The molecule has 114 valence electrons. The molecule has 4 nitrogen and oxygen atoms in total. The lowest BCUT2D eigenvalue weighted by molar-refractivity contribution is -0.157. The first-order chi connectivity index (χ1) is 9.91. The number of halogens is 2. The van der Waals surface area contributed by atoms with E-state index in [1.54, 1.807) is 18.2 Å². The van der Waals surface area contributed by atoms with E-state index < -0.39 is 11.4 Å². The Kier molecular flexibility index (Phi) is 5.12. The van der Waals surface area contributed by atoms with E-state index in [9.17, 15) is 14.7 Å². The van der Waals surface area contributed by atoms with Crippen LogP contribution >= 0.6 is 23.2 Å². The van der Waals surface area contributed by atoms with Crippen molar-refractivity contribution in [3.05, 3.63) is 33.8 Å². The van der Waals surface area contributed by atoms with Gasteiger partial charge in [0.1, 0.15) is 0 Å². The van der Waals surface area contributed by atoms with Crippen molar-refractivity contribution in [1.29, 1.82) is 0 Å². The maximum absolute atomic E-state index is 11.9. The molecule has 1 fully saturated rings. The standard InChI is InChI=1S/C15H17Cl2NO3/c16-11-6-10(7-12(17)8-11)2-5-18-13(19)9-15(14(20)21)3-1-4-15/h6-8H,1-5,9H2,(H,18,19)(H,20,21). The minimum atomic E-state index is -0.870. The number of carbonyl (C=O) groups excluding carboxylic acids is 1. The van der Waals surface area contributed by atoms with Crippen molar-refractivity contribution in [3.8, 4) is 0 Å². The van der Waals surface area contributed by atoms with Crippen molar-refractivity contribution in [2.45, 2.75) is 32.1 Å². The van der Waals surface area contributed by atoms with Gasteiger partial charge < -0.3 is 10.4 Å².